The Morgan fingerprint density at radius 1 is 0.857 bits per heavy atom. The molecule has 1 atom stereocenters. The van der Waals surface area contributed by atoms with Gasteiger partial charge in [-0.1, -0.05) is 38.0 Å². The lowest BCUT2D eigenvalue weighted by Crippen LogP contribution is -2.14. The van der Waals surface area contributed by atoms with Gasteiger partial charge < -0.3 is 13.8 Å². The van der Waals surface area contributed by atoms with Crippen LogP contribution in [0.3, 0.4) is 0 Å². The SMILES string of the molecule is CC(C)c1nc(-c2ccc(OC(c3nc(-c4ccc(S(C)(=O)=O)c(F)c4)no3)C(C)C)cc2)no1. The monoisotopic (exact) mass is 500 g/mol. The zero-order valence-corrected chi connectivity index (χ0v) is 20.7. The minimum absolute atomic E-state index is 0.0295. The van der Waals surface area contributed by atoms with Gasteiger partial charge in [0.05, 0.1) is 0 Å². The van der Waals surface area contributed by atoms with Crippen molar-refractivity contribution in [2.45, 2.75) is 44.6 Å². The zero-order valence-electron chi connectivity index (χ0n) is 19.9. The number of nitrogens with zero attached hydrogens (tertiary/aromatic N) is 4. The van der Waals surface area contributed by atoms with E-state index in [9.17, 15) is 12.8 Å². The van der Waals surface area contributed by atoms with Crippen LogP contribution in [0.25, 0.3) is 22.8 Å². The molecule has 4 rings (SSSR count). The summed E-state index contributed by atoms with van der Waals surface area (Å²) < 4.78 is 54.4. The second-order valence-electron chi connectivity index (χ2n) is 8.79. The average Bonchev–Trinajstić information content (AvgIpc) is 3.47. The molecule has 2 aromatic carbocycles. The van der Waals surface area contributed by atoms with E-state index in [0.717, 1.165) is 17.9 Å². The van der Waals surface area contributed by atoms with Gasteiger partial charge in [-0.15, -0.1) is 0 Å². The first-order chi connectivity index (χ1) is 16.5. The number of ether oxygens (including phenoxy) is 1. The van der Waals surface area contributed by atoms with E-state index in [4.69, 9.17) is 13.8 Å². The summed E-state index contributed by atoms with van der Waals surface area (Å²) >= 11 is 0. The third-order valence-corrected chi connectivity index (χ3v) is 6.32. The van der Waals surface area contributed by atoms with Crippen molar-refractivity contribution in [3.63, 3.8) is 0 Å². The summed E-state index contributed by atoms with van der Waals surface area (Å²) in [6.07, 6.45) is 0.375. The molecular weight excluding hydrogens is 475 g/mol. The maximum absolute atomic E-state index is 14.3. The van der Waals surface area contributed by atoms with Crippen molar-refractivity contribution in [3.05, 3.63) is 60.1 Å². The van der Waals surface area contributed by atoms with Crippen molar-refractivity contribution >= 4 is 9.84 Å². The molecule has 184 valence electrons. The number of rotatable bonds is 8. The maximum Gasteiger partial charge on any atom is 0.268 e. The molecule has 0 spiro atoms. The third-order valence-electron chi connectivity index (χ3n) is 5.19. The van der Waals surface area contributed by atoms with Gasteiger partial charge in [0.2, 0.25) is 17.5 Å². The smallest absolute Gasteiger partial charge is 0.268 e. The molecule has 0 aliphatic carbocycles. The van der Waals surface area contributed by atoms with Crippen LogP contribution in [-0.2, 0) is 9.84 Å². The van der Waals surface area contributed by atoms with Crippen LogP contribution in [0.5, 0.6) is 5.75 Å². The van der Waals surface area contributed by atoms with Crippen LogP contribution in [0.2, 0.25) is 0 Å². The molecule has 0 aliphatic rings. The fourth-order valence-electron chi connectivity index (χ4n) is 3.30. The molecule has 11 heteroatoms. The van der Waals surface area contributed by atoms with Gasteiger partial charge in [-0.2, -0.15) is 9.97 Å². The van der Waals surface area contributed by atoms with Gasteiger partial charge in [-0.25, -0.2) is 12.8 Å². The van der Waals surface area contributed by atoms with Crippen LogP contribution < -0.4 is 4.74 Å². The van der Waals surface area contributed by atoms with E-state index >= 15 is 0 Å². The van der Waals surface area contributed by atoms with Crippen LogP contribution in [0.15, 0.2) is 56.4 Å². The number of benzene rings is 2. The van der Waals surface area contributed by atoms with Gasteiger partial charge in [-0.05, 0) is 48.4 Å². The summed E-state index contributed by atoms with van der Waals surface area (Å²) in [5.41, 5.74) is 1.08. The van der Waals surface area contributed by atoms with E-state index in [-0.39, 0.29) is 29.1 Å². The molecule has 0 aliphatic heterocycles. The molecule has 0 amide bonds. The van der Waals surface area contributed by atoms with Crippen LogP contribution in [0.1, 0.15) is 51.5 Å². The Balaban J connectivity index is 1.53. The second kappa shape index (κ2) is 9.57. The first kappa shape index (κ1) is 24.5. The number of halogens is 1. The van der Waals surface area contributed by atoms with Crippen molar-refractivity contribution in [2.24, 2.45) is 5.92 Å². The van der Waals surface area contributed by atoms with Gasteiger partial charge in [0.1, 0.15) is 16.5 Å². The number of hydrogen-bond acceptors (Lipinski definition) is 9. The average molecular weight is 501 g/mol. The number of sulfone groups is 1. The molecule has 0 bridgehead atoms. The van der Waals surface area contributed by atoms with Gasteiger partial charge >= 0.3 is 0 Å². The summed E-state index contributed by atoms with van der Waals surface area (Å²) in [5, 5.41) is 7.94. The Bertz CT molecular complexity index is 1430. The highest BCUT2D eigenvalue weighted by Gasteiger charge is 2.26. The summed E-state index contributed by atoms with van der Waals surface area (Å²) in [6, 6.07) is 10.9. The standard InChI is InChI=1S/C24H25FN4O5S/c1-13(2)20(32-17-9-6-15(7-10-17)21-26-23(14(3)4)33-28-21)24-27-22(29-34-24)16-8-11-19(18(25)12-16)35(5,30)31/h6-14,20H,1-5H3. The Morgan fingerprint density at radius 3 is 1.97 bits per heavy atom. The largest absolute Gasteiger partial charge is 0.480 e. The quantitative estimate of drug-likeness (QED) is 0.320. The summed E-state index contributed by atoms with van der Waals surface area (Å²) in [5.74, 6) is 1.21. The van der Waals surface area contributed by atoms with Gasteiger partial charge in [0.25, 0.3) is 5.89 Å². The normalized spacial score (nSPS) is 12.9. The molecule has 0 radical (unpaired) electrons. The molecule has 2 aromatic heterocycles. The second-order valence-corrected chi connectivity index (χ2v) is 10.8. The molecule has 0 saturated heterocycles. The lowest BCUT2D eigenvalue weighted by Gasteiger charge is -2.19. The first-order valence-corrected chi connectivity index (χ1v) is 12.9. The fraction of sp³-hybridized carbons (Fsp3) is 0.333. The Labute approximate surface area is 202 Å². The molecule has 35 heavy (non-hydrogen) atoms. The zero-order chi connectivity index (χ0) is 25.3. The number of aromatic nitrogens is 4. The predicted octanol–water partition coefficient (Wildman–Crippen LogP) is 5.23. The first-order valence-electron chi connectivity index (χ1n) is 11.0. The van der Waals surface area contributed by atoms with Crippen LogP contribution in [-0.4, -0.2) is 35.0 Å². The molecule has 4 aromatic rings. The minimum atomic E-state index is -3.68. The Morgan fingerprint density at radius 2 is 1.43 bits per heavy atom. The van der Waals surface area contributed by atoms with E-state index in [1.165, 1.54) is 12.1 Å². The van der Waals surface area contributed by atoms with E-state index in [0.29, 0.717) is 17.5 Å². The third kappa shape index (κ3) is 5.40. The molecule has 0 saturated carbocycles. The molecule has 0 fully saturated rings. The molecular formula is C24H25FN4O5S. The molecule has 1 unspecified atom stereocenters. The summed E-state index contributed by atoms with van der Waals surface area (Å²) in [6.45, 7) is 7.83. The lowest BCUT2D eigenvalue weighted by atomic mass is 10.1. The van der Waals surface area contributed by atoms with Crippen LogP contribution >= 0.6 is 0 Å². The van der Waals surface area contributed by atoms with Crippen LogP contribution in [0.4, 0.5) is 4.39 Å². The van der Waals surface area contributed by atoms with Crippen LogP contribution in [0, 0.1) is 11.7 Å². The highest BCUT2D eigenvalue weighted by atomic mass is 32.2. The van der Waals surface area contributed by atoms with Gasteiger partial charge in [0.15, 0.2) is 15.9 Å². The highest BCUT2D eigenvalue weighted by Crippen LogP contribution is 2.31. The minimum Gasteiger partial charge on any atom is -0.480 e. The predicted molar refractivity (Wildman–Crippen MR) is 125 cm³/mol. The van der Waals surface area contributed by atoms with Gasteiger partial charge in [-0.3, -0.25) is 0 Å². The van der Waals surface area contributed by atoms with E-state index < -0.39 is 26.7 Å². The van der Waals surface area contributed by atoms with Crippen molar-refractivity contribution < 1.29 is 26.6 Å². The topological polar surface area (TPSA) is 121 Å². The summed E-state index contributed by atoms with van der Waals surface area (Å²) in [7, 11) is -3.68. The highest BCUT2D eigenvalue weighted by molar-refractivity contribution is 7.90. The number of hydrogen-bond donors (Lipinski definition) is 0. The van der Waals surface area contributed by atoms with Crippen molar-refractivity contribution in [2.75, 3.05) is 6.26 Å². The van der Waals surface area contributed by atoms with E-state index in [2.05, 4.69) is 20.3 Å². The van der Waals surface area contributed by atoms with Crippen molar-refractivity contribution in [3.8, 4) is 28.5 Å². The maximum atomic E-state index is 14.3. The Kier molecular flexibility index (Phi) is 6.70. The van der Waals surface area contributed by atoms with Gasteiger partial charge in [0, 0.05) is 23.3 Å². The van der Waals surface area contributed by atoms with E-state index in [1.807, 2.05) is 39.8 Å². The summed E-state index contributed by atoms with van der Waals surface area (Å²) in [4.78, 5) is 8.36. The lowest BCUT2D eigenvalue weighted by molar-refractivity contribution is 0.114. The van der Waals surface area contributed by atoms with Crippen molar-refractivity contribution in [1.29, 1.82) is 0 Å². The molecule has 0 N–H and O–H groups in total. The molecule has 2 heterocycles. The van der Waals surface area contributed by atoms with E-state index in [1.54, 1.807) is 12.1 Å². The Hall–Kier alpha value is -3.60. The fourth-order valence-corrected chi connectivity index (χ4v) is 4.02. The molecule has 9 nitrogen and oxygen atoms in total. The van der Waals surface area contributed by atoms with Crippen molar-refractivity contribution in [1.82, 2.24) is 20.3 Å².